The predicted molar refractivity (Wildman–Crippen MR) is 66.7 cm³/mol. The van der Waals surface area contributed by atoms with Crippen LogP contribution in [0.4, 0.5) is 4.39 Å². The normalized spacial score (nSPS) is 13.6. The van der Waals surface area contributed by atoms with Gasteiger partial charge in [-0.3, -0.25) is 0 Å². The third-order valence-electron chi connectivity index (χ3n) is 2.93. The zero-order valence-electron chi connectivity index (χ0n) is 10.1. The van der Waals surface area contributed by atoms with Crippen LogP contribution in [0.1, 0.15) is 31.4 Å². The molecule has 0 amide bonds. The van der Waals surface area contributed by atoms with Crippen molar-refractivity contribution in [2.24, 2.45) is 5.73 Å². The van der Waals surface area contributed by atoms with Crippen molar-refractivity contribution >= 4 is 9.84 Å². The summed E-state index contributed by atoms with van der Waals surface area (Å²) >= 11 is 0. The molecule has 1 aromatic carbocycles. The summed E-state index contributed by atoms with van der Waals surface area (Å²) in [5.41, 5.74) is 6.63. The smallest absolute Gasteiger partial charge is 0.157 e. The first kappa shape index (κ1) is 14.1. The molecule has 0 aliphatic heterocycles. The molecule has 0 saturated heterocycles. The fourth-order valence-corrected chi connectivity index (χ4v) is 3.05. The van der Waals surface area contributed by atoms with Crippen molar-refractivity contribution in [2.45, 2.75) is 37.8 Å². The second-order valence-corrected chi connectivity index (χ2v) is 6.56. The number of nitrogens with two attached hydrogens (primary N) is 1. The lowest BCUT2D eigenvalue weighted by Gasteiger charge is -2.13. The van der Waals surface area contributed by atoms with Crippen LogP contribution in [0.25, 0.3) is 0 Å². The molecular weight excluding hydrogens is 241 g/mol. The topological polar surface area (TPSA) is 60.2 Å². The van der Waals surface area contributed by atoms with Crippen LogP contribution < -0.4 is 5.73 Å². The molecule has 0 bridgehead atoms. The molecule has 2 N–H and O–H groups in total. The lowest BCUT2D eigenvalue weighted by molar-refractivity contribution is 0.579. The molecule has 1 aromatic rings. The Morgan fingerprint density at radius 1 is 1.35 bits per heavy atom. The van der Waals surface area contributed by atoms with Crippen LogP contribution in [0.15, 0.2) is 18.2 Å². The van der Waals surface area contributed by atoms with Crippen molar-refractivity contribution < 1.29 is 12.8 Å². The number of rotatable bonds is 5. The van der Waals surface area contributed by atoms with Gasteiger partial charge < -0.3 is 5.73 Å². The standard InChI is InChI=1S/C12H18FNO2S/c1-3-9(2)17(15,16)8-10-4-5-12(13)6-11(10)7-14/h4-6,9H,3,7-8,14H2,1-2H3. The third kappa shape index (κ3) is 3.51. The van der Waals surface area contributed by atoms with E-state index in [4.69, 9.17) is 5.73 Å². The van der Waals surface area contributed by atoms with Gasteiger partial charge in [0.15, 0.2) is 9.84 Å². The van der Waals surface area contributed by atoms with E-state index in [1.165, 1.54) is 18.2 Å². The van der Waals surface area contributed by atoms with E-state index >= 15 is 0 Å². The summed E-state index contributed by atoms with van der Waals surface area (Å²) in [7, 11) is -3.19. The van der Waals surface area contributed by atoms with Gasteiger partial charge in [0.05, 0.1) is 11.0 Å². The molecule has 0 heterocycles. The molecule has 0 aliphatic rings. The zero-order chi connectivity index (χ0) is 13.1. The first-order chi connectivity index (χ1) is 7.90. The predicted octanol–water partition coefficient (Wildman–Crippen LogP) is 2.00. The molecule has 1 rings (SSSR count). The van der Waals surface area contributed by atoms with Crippen LogP contribution in [0.2, 0.25) is 0 Å². The Labute approximate surface area is 102 Å². The van der Waals surface area contributed by atoms with E-state index in [2.05, 4.69) is 0 Å². The van der Waals surface area contributed by atoms with Crippen LogP contribution in [-0.4, -0.2) is 13.7 Å². The molecule has 96 valence electrons. The average molecular weight is 259 g/mol. The Bertz CT molecular complexity index is 485. The summed E-state index contributed by atoms with van der Waals surface area (Å²) in [4.78, 5) is 0. The summed E-state index contributed by atoms with van der Waals surface area (Å²) in [6.07, 6.45) is 0.571. The highest BCUT2D eigenvalue weighted by Gasteiger charge is 2.20. The van der Waals surface area contributed by atoms with Gasteiger partial charge in [0.2, 0.25) is 0 Å². The van der Waals surface area contributed by atoms with Gasteiger partial charge in [0, 0.05) is 6.54 Å². The number of sulfone groups is 1. The monoisotopic (exact) mass is 259 g/mol. The summed E-state index contributed by atoms with van der Waals surface area (Å²) < 4.78 is 36.9. The van der Waals surface area contributed by atoms with Gasteiger partial charge in [-0.15, -0.1) is 0 Å². The van der Waals surface area contributed by atoms with Crippen molar-refractivity contribution in [2.75, 3.05) is 0 Å². The van der Waals surface area contributed by atoms with E-state index < -0.39 is 20.9 Å². The van der Waals surface area contributed by atoms with Crippen LogP contribution in [0.5, 0.6) is 0 Å². The molecule has 0 fully saturated rings. The Morgan fingerprint density at radius 3 is 2.53 bits per heavy atom. The minimum Gasteiger partial charge on any atom is -0.326 e. The van der Waals surface area contributed by atoms with Crippen molar-refractivity contribution in [3.05, 3.63) is 35.1 Å². The van der Waals surface area contributed by atoms with Gasteiger partial charge in [-0.25, -0.2) is 12.8 Å². The van der Waals surface area contributed by atoms with E-state index in [1.54, 1.807) is 6.92 Å². The molecule has 0 radical (unpaired) electrons. The molecule has 0 aliphatic carbocycles. The Hall–Kier alpha value is -0.940. The van der Waals surface area contributed by atoms with E-state index in [-0.39, 0.29) is 12.3 Å². The minimum atomic E-state index is -3.19. The van der Waals surface area contributed by atoms with E-state index in [9.17, 15) is 12.8 Å². The van der Waals surface area contributed by atoms with Gasteiger partial charge in [-0.2, -0.15) is 0 Å². The van der Waals surface area contributed by atoms with Crippen molar-refractivity contribution in [3.8, 4) is 0 Å². The molecule has 1 unspecified atom stereocenters. The molecule has 0 spiro atoms. The first-order valence-corrected chi connectivity index (χ1v) is 7.31. The van der Waals surface area contributed by atoms with Crippen LogP contribution in [0.3, 0.4) is 0 Å². The molecule has 0 aromatic heterocycles. The fraction of sp³-hybridized carbons (Fsp3) is 0.500. The molecule has 17 heavy (non-hydrogen) atoms. The maximum Gasteiger partial charge on any atom is 0.157 e. The first-order valence-electron chi connectivity index (χ1n) is 5.59. The third-order valence-corrected chi connectivity index (χ3v) is 5.21. The van der Waals surface area contributed by atoms with Gasteiger partial charge in [0.25, 0.3) is 0 Å². The van der Waals surface area contributed by atoms with Crippen LogP contribution in [-0.2, 0) is 22.1 Å². The zero-order valence-corrected chi connectivity index (χ0v) is 10.9. The summed E-state index contributed by atoms with van der Waals surface area (Å²) in [5, 5.41) is -0.391. The lowest BCUT2D eigenvalue weighted by atomic mass is 10.1. The number of halogens is 1. The summed E-state index contributed by atoms with van der Waals surface area (Å²) in [6.45, 7) is 3.65. The maximum atomic E-state index is 13.0. The Morgan fingerprint density at radius 2 is 2.00 bits per heavy atom. The molecule has 1 atom stereocenters. The number of hydrogen-bond donors (Lipinski definition) is 1. The molecule has 3 nitrogen and oxygen atoms in total. The number of hydrogen-bond acceptors (Lipinski definition) is 3. The van der Waals surface area contributed by atoms with E-state index in [1.807, 2.05) is 6.92 Å². The Kier molecular flexibility index (Phi) is 4.65. The minimum absolute atomic E-state index is 0.0746. The Balaban J connectivity index is 3.03. The maximum absolute atomic E-state index is 13.0. The van der Waals surface area contributed by atoms with E-state index in [0.29, 0.717) is 17.5 Å². The largest absolute Gasteiger partial charge is 0.326 e. The van der Waals surface area contributed by atoms with Crippen molar-refractivity contribution in [1.82, 2.24) is 0 Å². The second-order valence-electron chi connectivity index (χ2n) is 4.14. The van der Waals surface area contributed by atoms with Gasteiger partial charge in [0.1, 0.15) is 5.82 Å². The summed E-state index contributed by atoms with van der Waals surface area (Å²) in [6, 6.07) is 4.06. The lowest BCUT2D eigenvalue weighted by Crippen LogP contribution is -2.19. The molecule has 5 heteroatoms. The highest BCUT2D eigenvalue weighted by atomic mass is 32.2. The quantitative estimate of drug-likeness (QED) is 0.879. The molecular formula is C12H18FNO2S. The highest BCUT2D eigenvalue weighted by Crippen LogP contribution is 2.18. The van der Waals surface area contributed by atoms with Gasteiger partial charge in [-0.1, -0.05) is 13.0 Å². The van der Waals surface area contributed by atoms with Crippen LogP contribution >= 0.6 is 0 Å². The molecule has 0 saturated carbocycles. The van der Waals surface area contributed by atoms with E-state index in [0.717, 1.165) is 0 Å². The fourth-order valence-electron chi connectivity index (χ4n) is 1.54. The van der Waals surface area contributed by atoms with Crippen LogP contribution in [0, 0.1) is 5.82 Å². The van der Waals surface area contributed by atoms with Crippen molar-refractivity contribution in [1.29, 1.82) is 0 Å². The van der Waals surface area contributed by atoms with Crippen molar-refractivity contribution in [3.63, 3.8) is 0 Å². The van der Waals surface area contributed by atoms with Gasteiger partial charge >= 0.3 is 0 Å². The number of benzene rings is 1. The second kappa shape index (κ2) is 5.60. The SMILES string of the molecule is CCC(C)S(=O)(=O)Cc1ccc(F)cc1CN. The van der Waals surface area contributed by atoms with Gasteiger partial charge in [-0.05, 0) is 36.6 Å². The highest BCUT2D eigenvalue weighted by molar-refractivity contribution is 7.91. The average Bonchev–Trinajstić information content (AvgIpc) is 2.30. The summed E-state index contributed by atoms with van der Waals surface area (Å²) in [5.74, 6) is -0.468.